The van der Waals surface area contributed by atoms with Gasteiger partial charge in [0, 0.05) is 28.2 Å². The number of fused-ring (bicyclic) bond motifs is 1. The number of carbonyl (C=O) groups is 2. The van der Waals surface area contributed by atoms with E-state index in [4.69, 9.17) is 5.73 Å². The van der Waals surface area contributed by atoms with Crippen LogP contribution in [-0.2, 0) is 4.79 Å². The van der Waals surface area contributed by atoms with Crippen LogP contribution < -0.4 is 5.73 Å². The van der Waals surface area contributed by atoms with Gasteiger partial charge in [-0.25, -0.2) is 0 Å². The maximum atomic E-state index is 10.7. The summed E-state index contributed by atoms with van der Waals surface area (Å²) in [6.45, 7) is 0. The Balaban J connectivity index is 2.50. The molecular formula is C12H8N2O2. The van der Waals surface area contributed by atoms with Gasteiger partial charge < -0.3 is 10.7 Å². The van der Waals surface area contributed by atoms with Crippen LogP contribution in [0.2, 0.25) is 0 Å². The lowest BCUT2D eigenvalue weighted by molar-refractivity contribution is -0.112. The molecule has 0 aliphatic heterocycles. The fourth-order valence-electron chi connectivity index (χ4n) is 1.46. The van der Waals surface area contributed by atoms with E-state index in [0.29, 0.717) is 11.1 Å². The Morgan fingerprint density at radius 2 is 2.25 bits per heavy atom. The van der Waals surface area contributed by atoms with Crippen molar-refractivity contribution in [2.75, 3.05) is 0 Å². The second-order valence-corrected chi connectivity index (χ2v) is 3.24. The highest BCUT2D eigenvalue weighted by molar-refractivity contribution is 5.98. The second-order valence-electron chi connectivity index (χ2n) is 3.24. The van der Waals surface area contributed by atoms with E-state index >= 15 is 0 Å². The molecule has 0 saturated carbocycles. The first-order valence-corrected chi connectivity index (χ1v) is 4.58. The van der Waals surface area contributed by atoms with Crippen molar-refractivity contribution in [3.05, 3.63) is 35.5 Å². The quantitative estimate of drug-likeness (QED) is 0.542. The summed E-state index contributed by atoms with van der Waals surface area (Å²) in [7, 11) is 0. The summed E-state index contributed by atoms with van der Waals surface area (Å²) >= 11 is 0. The number of primary amides is 1. The molecule has 3 N–H and O–H groups in total. The van der Waals surface area contributed by atoms with Crippen LogP contribution in [0.1, 0.15) is 15.9 Å². The van der Waals surface area contributed by atoms with Crippen LogP contribution in [0.5, 0.6) is 0 Å². The maximum absolute atomic E-state index is 10.7. The molecule has 0 saturated heterocycles. The first-order chi connectivity index (χ1) is 7.70. The number of aromatic amines is 1. The minimum atomic E-state index is -0.667. The van der Waals surface area contributed by atoms with Gasteiger partial charge in [0.05, 0.1) is 0 Å². The van der Waals surface area contributed by atoms with E-state index in [0.717, 1.165) is 17.2 Å². The summed E-state index contributed by atoms with van der Waals surface area (Å²) in [5, 5.41) is 0.833. The SMILES string of the molecule is NC(=O)C#Cc1ccc2c(C=O)c[nH]c2c1. The molecule has 4 heteroatoms. The Morgan fingerprint density at radius 3 is 2.94 bits per heavy atom. The van der Waals surface area contributed by atoms with Gasteiger partial charge in [0.15, 0.2) is 6.29 Å². The normalized spacial score (nSPS) is 9.50. The number of hydrogen-bond acceptors (Lipinski definition) is 2. The minimum absolute atomic E-state index is 0.601. The van der Waals surface area contributed by atoms with Gasteiger partial charge in [-0.2, -0.15) is 0 Å². The topological polar surface area (TPSA) is 76.0 Å². The number of nitrogens with one attached hydrogen (secondary N) is 1. The third kappa shape index (κ3) is 1.79. The molecule has 0 aliphatic rings. The number of hydrogen-bond donors (Lipinski definition) is 2. The number of aromatic nitrogens is 1. The number of aldehydes is 1. The third-order valence-corrected chi connectivity index (χ3v) is 2.17. The zero-order chi connectivity index (χ0) is 11.5. The average Bonchev–Trinajstić information content (AvgIpc) is 2.68. The predicted octanol–water partition coefficient (Wildman–Crippen LogP) is 0.817. The monoisotopic (exact) mass is 212 g/mol. The number of amides is 1. The van der Waals surface area contributed by atoms with Crippen molar-refractivity contribution in [2.24, 2.45) is 5.73 Å². The average molecular weight is 212 g/mol. The highest BCUT2D eigenvalue weighted by atomic mass is 16.1. The number of nitrogens with two attached hydrogens (primary N) is 1. The maximum Gasteiger partial charge on any atom is 0.293 e. The molecule has 1 aromatic carbocycles. The molecular weight excluding hydrogens is 204 g/mol. The summed E-state index contributed by atoms with van der Waals surface area (Å²) in [6.07, 6.45) is 2.41. The molecule has 0 aliphatic carbocycles. The van der Waals surface area contributed by atoms with Crippen LogP contribution in [0.15, 0.2) is 24.4 Å². The molecule has 0 spiro atoms. The van der Waals surface area contributed by atoms with E-state index in [2.05, 4.69) is 16.8 Å². The summed E-state index contributed by atoms with van der Waals surface area (Å²) in [6, 6.07) is 5.28. The number of H-pyrrole nitrogens is 1. The predicted molar refractivity (Wildman–Crippen MR) is 59.8 cm³/mol. The number of benzene rings is 1. The molecule has 16 heavy (non-hydrogen) atoms. The molecule has 4 nitrogen and oxygen atoms in total. The minimum Gasteiger partial charge on any atom is -0.360 e. The van der Waals surface area contributed by atoms with Gasteiger partial charge in [0.1, 0.15) is 0 Å². The van der Waals surface area contributed by atoms with E-state index in [1.54, 1.807) is 24.4 Å². The summed E-state index contributed by atoms with van der Waals surface area (Å²) in [4.78, 5) is 24.1. The molecule has 78 valence electrons. The summed E-state index contributed by atoms with van der Waals surface area (Å²) < 4.78 is 0. The lowest BCUT2D eigenvalue weighted by Crippen LogP contribution is -2.06. The van der Waals surface area contributed by atoms with Crippen LogP contribution in [0.3, 0.4) is 0 Å². The molecule has 1 heterocycles. The highest BCUT2D eigenvalue weighted by Gasteiger charge is 2.02. The Hall–Kier alpha value is -2.54. The van der Waals surface area contributed by atoms with Crippen molar-refractivity contribution in [1.82, 2.24) is 4.98 Å². The molecule has 1 amide bonds. The van der Waals surface area contributed by atoms with Gasteiger partial charge >= 0.3 is 0 Å². The summed E-state index contributed by atoms with van der Waals surface area (Å²) in [5.74, 6) is 4.22. The number of carbonyl (C=O) groups excluding carboxylic acids is 2. The molecule has 2 rings (SSSR count). The van der Waals surface area contributed by atoms with Crippen LogP contribution in [0.25, 0.3) is 10.9 Å². The zero-order valence-corrected chi connectivity index (χ0v) is 8.28. The first kappa shape index (κ1) is 9.99. The molecule has 1 aromatic heterocycles. The Labute approximate surface area is 91.4 Å². The Kier molecular flexibility index (Phi) is 2.44. The zero-order valence-electron chi connectivity index (χ0n) is 8.28. The van der Waals surface area contributed by atoms with E-state index < -0.39 is 5.91 Å². The van der Waals surface area contributed by atoms with Crippen molar-refractivity contribution < 1.29 is 9.59 Å². The van der Waals surface area contributed by atoms with Gasteiger partial charge in [-0.1, -0.05) is 12.0 Å². The van der Waals surface area contributed by atoms with Gasteiger partial charge in [-0.05, 0) is 18.1 Å². The van der Waals surface area contributed by atoms with E-state index in [9.17, 15) is 9.59 Å². The third-order valence-electron chi connectivity index (χ3n) is 2.17. The largest absolute Gasteiger partial charge is 0.360 e. The van der Waals surface area contributed by atoms with E-state index in [1.165, 1.54) is 0 Å². The Morgan fingerprint density at radius 1 is 1.44 bits per heavy atom. The van der Waals surface area contributed by atoms with Crippen molar-refractivity contribution in [1.29, 1.82) is 0 Å². The van der Waals surface area contributed by atoms with E-state index in [1.807, 2.05) is 0 Å². The fraction of sp³-hybridized carbons (Fsp3) is 0. The Bertz CT molecular complexity index is 629. The van der Waals surface area contributed by atoms with Gasteiger partial charge in [-0.3, -0.25) is 9.59 Å². The fourth-order valence-corrected chi connectivity index (χ4v) is 1.46. The van der Waals surface area contributed by atoms with Gasteiger partial charge in [-0.15, -0.1) is 0 Å². The highest BCUT2D eigenvalue weighted by Crippen LogP contribution is 2.17. The molecule has 0 bridgehead atoms. The first-order valence-electron chi connectivity index (χ1n) is 4.58. The van der Waals surface area contributed by atoms with Crippen LogP contribution in [0, 0.1) is 11.8 Å². The smallest absolute Gasteiger partial charge is 0.293 e. The van der Waals surface area contributed by atoms with Gasteiger partial charge in [0.25, 0.3) is 5.91 Å². The van der Waals surface area contributed by atoms with Crippen molar-refractivity contribution >= 4 is 23.1 Å². The molecule has 0 unspecified atom stereocenters. The standard InChI is InChI=1S/C12H8N2O2/c13-12(16)4-2-8-1-3-10-9(7-15)6-14-11(10)5-8/h1,3,5-7,14H,(H2,13,16). The van der Waals surface area contributed by atoms with Crippen LogP contribution in [0.4, 0.5) is 0 Å². The van der Waals surface area contributed by atoms with Crippen molar-refractivity contribution in [3.63, 3.8) is 0 Å². The second kappa shape index (κ2) is 3.91. The van der Waals surface area contributed by atoms with Crippen LogP contribution >= 0.6 is 0 Å². The molecule has 0 atom stereocenters. The van der Waals surface area contributed by atoms with E-state index in [-0.39, 0.29) is 0 Å². The van der Waals surface area contributed by atoms with Crippen LogP contribution in [-0.4, -0.2) is 17.2 Å². The molecule has 2 aromatic rings. The van der Waals surface area contributed by atoms with Crippen molar-refractivity contribution in [2.45, 2.75) is 0 Å². The molecule has 0 fully saturated rings. The molecule has 0 radical (unpaired) electrons. The lowest BCUT2D eigenvalue weighted by atomic mass is 10.1. The van der Waals surface area contributed by atoms with Crippen molar-refractivity contribution in [3.8, 4) is 11.8 Å². The lowest BCUT2D eigenvalue weighted by Gasteiger charge is -1.92. The van der Waals surface area contributed by atoms with Gasteiger partial charge in [0.2, 0.25) is 0 Å². The number of rotatable bonds is 1. The summed E-state index contributed by atoms with van der Waals surface area (Å²) in [5.41, 5.74) is 6.99.